The van der Waals surface area contributed by atoms with Gasteiger partial charge in [0.25, 0.3) is 0 Å². The molecular weight excluding hydrogens is 286 g/mol. The Labute approximate surface area is 129 Å². The Morgan fingerprint density at radius 1 is 1.24 bits per heavy atom. The summed E-state index contributed by atoms with van der Waals surface area (Å²) in [6.45, 7) is 4.67. The van der Waals surface area contributed by atoms with E-state index in [-0.39, 0.29) is 0 Å². The van der Waals surface area contributed by atoms with Crippen LogP contribution in [0.4, 0.5) is 0 Å². The van der Waals surface area contributed by atoms with Crippen LogP contribution >= 0.6 is 0 Å². The predicted octanol–water partition coefficient (Wildman–Crippen LogP) is 1.14. The zero-order valence-corrected chi connectivity index (χ0v) is 13.6. The maximum Gasteiger partial charge on any atom is 0.191 e. The summed E-state index contributed by atoms with van der Waals surface area (Å²) in [6, 6.07) is 9.90. The summed E-state index contributed by atoms with van der Waals surface area (Å²) in [5, 5.41) is 6.30. The van der Waals surface area contributed by atoms with E-state index >= 15 is 0 Å². The minimum Gasteiger partial charge on any atom is -0.380 e. The van der Waals surface area contributed by atoms with Crippen molar-refractivity contribution in [1.29, 1.82) is 0 Å². The average molecular weight is 311 g/mol. The van der Waals surface area contributed by atoms with Gasteiger partial charge in [-0.3, -0.25) is 9.20 Å². The third-order valence-electron chi connectivity index (χ3n) is 2.76. The second-order valence-electron chi connectivity index (χ2n) is 4.40. The van der Waals surface area contributed by atoms with Crippen LogP contribution in [0, 0.1) is 0 Å². The molecule has 0 aliphatic heterocycles. The Morgan fingerprint density at radius 3 is 2.62 bits per heavy atom. The summed E-state index contributed by atoms with van der Waals surface area (Å²) in [5.74, 6) is 1.91. The van der Waals surface area contributed by atoms with E-state index in [1.54, 1.807) is 7.05 Å². The van der Waals surface area contributed by atoms with Crippen molar-refractivity contribution in [3.63, 3.8) is 0 Å². The molecule has 2 N–H and O–H groups in total. The fraction of sp³-hybridized carbons (Fsp3) is 0.533. The van der Waals surface area contributed by atoms with E-state index in [9.17, 15) is 4.21 Å². The molecule has 0 fully saturated rings. The van der Waals surface area contributed by atoms with Gasteiger partial charge >= 0.3 is 0 Å². The molecule has 0 bridgehead atoms. The number of nitrogens with zero attached hydrogens (tertiary/aromatic N) is 1. The van der Waals surface area contributed by atoms with Gasteiger partial charge in [-0.15, -0.1) is 0 Å². The van der Waals surface area contributed by atoms with Crippen molar-refractivity contribution in [3.8, 4) is 0 Å². The van der Waals surface area contributed by atoms with E-state index in [0.717, 1.165) is 5.56 Å². The van der Waals surface area contributed by atoms with Crippen molar-refractivity contribution < 1.29 is 8.95 Å². The zero-order valence-electron chi connectivity index (χ0n) is 12.8. The van der Waals surface area contributed by atoms with Gasteiger partial charge in [0.05, 0.1) is 6.61 Å². The monoisotopic (exact) mass is 311 g/mol. The lowest BCUT2D eigenvalue weighted by atomic mass is 10.2. The van der Waals surface area contributed by atoms with Gasteiger partial charge < -0.3 is 15.4 Å². The quantitative estimate of drug-likeness (QED) is 0.408. The van der Waals surface area contributed by atoms with Crippen molar-refractivity contribution in [2.24, 2.45) is 4.99 Å². The molecule has 0 heterocycles. The van der Waals surface area contributed by atoms with Crippen molar-refractivity contribution in [2.45, 2.75) is 12.7 Å². The summed E-state index contributed by atoms with van der Waals surface area (Å²) in [7, 11) is 0.851. The van der Waals surface area contributed by atoms with Gasteiger partial charge in [0.2, 0.25) is 0 Å². The van der Waals surface area contributed by atoms with Gasteiger partial charge in [0.1, 0.15) is 0 Å². The fourth-order valence-corrected chi connectivity index (χ4v) is 2.76. The molecule has 5 nitrogen and oxygen atoms in total. The van der Waals surface area contributed by atoms with Crippen LogP contribution < -0.4 is 10.6 Å². The standard InChI is InChI=1S/C15H25N3O2S/c1-3-20-11-9-17-15(16-2)18-10-12-21(19)13-14-7-5-4-6-8-14/h4-8H,3,9-13H2,1-2H3,(H2,16,17,18). The molecule has 0 spiro atoms. The second kappa shape index (κ2) is 11.3. The lowest BCUT2D eigenvalue weighted by molar-refractivity contribution is 0.152. The minimum atomic E-state index is -0.868. The normalized spacial score (nSPS) is 13.0. The average Bonchev–Trinajstić information content (AvgIpc) is 2.50. The molecular formula is C15H25N3O2S. The molecule has 0 saturated heterocycles. The lowest BCUT2D eigenvalue weighted by Gasteiger charge is -2.11. The van der Waals surface area contributed by atoms with E-state index < -0.39 is 10.8 Å². The van der Waals surface area contributed by atoms with Gasteiger partial charge in [-0.05, 0) is 12.5 Å². The van der Waals surface area contributed by atoms with Crippen LogP contribution in [0.15, 0.2) is 35.3 Å². The van der Waals surface area contributed by atoms with E-state index in [2.05, 4.69) is 15.6 Å². The number of ether oxygens (including phenoxy) is 1. The zero-order chi connectivity index (χ0) is 15.3. The first-order chi connectivity index (χ1) is 10.3. The number of guanidine groups is 1. The van der Waals surface area contributed by atoms with Crippen molar-refractivity contribution in [2.75, 3.05) is 39.1 Å². The van der Waals surface area contributed by atoms with E-state index in [1.165, 1.54) is 0 Å². The van der Waals surface area contributed by atoms with E-state index in [1.807, 2.05) is 37.3 Å². The van der Waals surface area contributed by atoms with Gasteiger partial charge in [0, 0.05) is 49.0 Å². The van der Waals surface area contributed by atoms with Gasteiger partial charge in [0.15, 0.2) is 5.96 Å². The van der Waals surface area contributed by atoms with Crippen molar-refractivity contribution >= 4 is 16.8 Å². The van der Waals surface area contributed by atoms with Crippen molar-refractivity contribution in [3.05, 3.63) is 35.9 Å². The molecule has 118 valence electrons. The highest BCUT2D eigenvalue weighted by molar-refractivity contribution is 7.84. The van der Waals surface area contributed by atoms with Crippen LogP contribution in [0.5, 0.6) is 0 Å². The SMILES string of the molecule is CCOCCNC(=NC)NCCS(=O)Cc1ccccc1. The molecule has 21 heavy (non-hydrogen) atoms. The predicted molar refractivity (Wildman–Crippen MR) is 89.0 cm³/mol. The summed E-state index contributed by atoms with van der Waals surface area (Å²) >= 11 is 0. The molecule has 1 aromatic carbocycles. The highest BCUT2D eigenvalue weighted by atomic mass is 32.2. The number of hydrogen-bond donors (Lipinski definition) is 2. The first-order valence-electron chi connectivity index (χ1n) is 7.17. The summed E-state index contributed by atoms with van der Waals surface area (Å²) in [5.41, 5.74) is 1.11. The summed E-state index contributed by atoms with van der Waals surface area (Å²) in [6.07, 6.45) is 0. The summed E-state index contributed by atoms with van der Waals surface area (Å²) in [4.78, 5) is 4.11. The molecule has 1 unspecified atom stereocenters. The van der Waals surface area contributed by atoms with Gasteiger partial charge in [-0.2, -0.15) is 0 Å². The Hall–Kier alpha value is -1.40. The molecule has 6 heteroatoms. The van der Waals surface area contributed by atoms with Crippen LogP contribution in [0.25, 0.3) is 0 Å². The number of benzene rings is 1. The Kier molecular flexibility index (Phi) is 9.48. The van der Waals surface area contributed by atoms with Crippen LogP contribution in [-0.4, -0.2) is 49.3 Å². The van der Waals surface area contributed by atoms with Crippen LogP contribution in [0.2, 0.25) is 0 Å². The third kappa shape index (κ3) is 8.47. The first kappa shape index (κ1) is 17.7. The maximum absolute atomic E-state index is 12.0. The maximum atomic E-state index is 12.0. The first-order valence-corrected chi connectivity index (χ1v) is 8.66. The molecule has 0 radical (unpaired) electrons. The molecule has 0 aliphatic rings. The van der Waals surface area contributed by atoms with Crippen LogP contribution in [-0.2, 0) is 21.3 Å². The number of aliphatic imine (C=N–C) groups is 1. The second-order valence-corrected chi connectivity index (χ2v) is 5.97. The summed E-state index contributed by atoms with van der Waals surface area (Å²) < 4.78 is 17.2. The molecule has 1 atom stereocenters. The largest absolute Gasteiger partial charge is 0.380 e. The number of rotatable bonds is 9. The molecule has 0 amide bonds. The Bertz CT molecular complexity index is 438. The Balaban J connectivity index is 2.17. The highest BCUT2D eigenvalue weighted by Gasteiger charge is 2.02. The fourth-order valence-electron chi connectivity index (χ4n) is 1.72. The van der Waals surface area contributed by atoms with E-state index in [0.29, 0.717) is 43.8 Å². The van der Waals surface area contributed by atoms with Crippen LogP contribution in [0.1, 0.15) is 12.5 Å². The van der Waals surface area contributed by atoms with Gasteiger partial charge in [-0.1, -0.05) is 30.3 Å². The van der Waals surface area contributed by atoms with Gasteiger partial charge in [-0.25, -0.2) is 0 Å². The van der Waals surface area contributed by atoms with E-state index in [4.69, 9.17) is 4.74 Å². The number of nitrogens with one attached hydrogen (secondary N) is 2. The highest BCUT2D eigenvalue weighted by Crippen LogP contribution is 2.02. The van der Waals surface area contributed by atoms with Crippen LogP contribution in [0.3, 0.4) is 0 Å². The van der Waals surface area contributed by atoms with Crippen molar-refractivity contribution in [1.82, 2.24) is 10.6 Å². The lowest BCUT2D eigenvalue weighted by Crippen LogP contribution is -2.40. The Morgan fingerprint density at radius 2 is 1.95 bits per heavy atom. The smallest absolute Gasteiger partial charge is 0.191 e. The number of hydrogen-bond acceptors (Lipinski definition) is 3. The topological polar surface area (TPSA) is 62.7 Å². The molecule has 0 saturated carbocycles. The molecule has 0 aromatic heterocycles. The minimum absolute atomic E-state index is 0.596. The third-order valence-corrected chi connectivity index (χ3v) is 4.07. The molecule has 0 aliphatic carbocycles. The molecule has 1 rings (SSSR count). The molecule has 1 aromatic rings.